The first-order valence-electron chi connectivity index (χ1n) is 10.0. The van der Waals surface area contributed by atoms with E-state index < -0.39 is 116 Å². The summed E-state index contributed by atoms with van der Waals surface area (Å²) in [6.07, 6.45) is 0. The summed E-state index contributed by atoms with van der Waals surface area (Å²) in [4.78, 5) is 10.0. The summed E-state index contributed by atoms with van der Waals surface area (Å²) >= 11 is 0. The van der Waals surface area contributed by atoms with Gasteiger partial charge in [-0.25, -0.2) is 70.7 Å². The van der Waals surface area contributed by atoms with E-state index in [9.17, 15) is 70.7 Å². The number of esters is 1. The number of rotatable bonds is 3. The van der Waals surface area contributed by atoms with Gasteiger partial charge in [0.25, 0.3) is 6.71 Å². The van der Waals surface area contributed by atoms with Crippen molar-refractivity contribution < 1.29 is 75.4 Å². The molecule has 3 aromatic carbocycles. The fraction of sp³-hybridized carbons (Fsp3) is 0.0870. The van der Waals surface area contributed by atoms with E-state index in [4.69, 9.17) is 0 Å². The highest BCUT2D eigenvalue weighted by atomic mass is 19.2. The number of ether oxygens (including phenoxy) is 1. The van der Waals surface area contributed by atoms with Crippen LogP contribution in [-0.4, -0.2) is 19.8 Å². The van der Waals surface area contributed by atoms with Crippen molar-refractivity contribution in [2.45, 2.75) is 6.92 Å². The lowest BCUT2D eigenvalue weighted by atomic mass is 9.36. The van der Waals surface area contributed by atoms with Gasteiger partial charge < -0.3 is 4.74 Å². The summed E-state index contributed by atoms with van der Waals surface area (Å²) in [5.41, 5.74) is -8.03. The average Bonchev–Trinajstić information content (AvgIpc) is 2.95. The van der Waals surface area contributed by atoms with Crippen LogP contribution in [0.1, 0.15) is 6.92 Å². The number of benzene rings is 3. The zero-order chi connectivity index (χ0) is 31.7. The summed E-state index contributed by atoms with van der Waals surface area (Å²) < 4.78 is 213. The Hall–Kier alpha value is -4.30. The molecule has 0 heterocycles. The highest BCUT2D eigenvalue weighted by molar-refractivity contribution is 6.95. The minimum absolute atomic E-state index is 0.484. The van der Waals surface area contributed by atoms with Gasteiger partial charge in [-0.05, 0) is 6.92 Å². The van der Waals surface area contributed by atoms with Crippen LogP contribution >= 0.6 is 0 Å². The maximum absolute atomic E-state index is 14.4. The smallest absolute Gasteiger partial charge is 0.384 e. The highest BCUT2D eigenvalue weighted by Gasteiger charge is 2.45. The second kappa shape index (κ2) is 12.5. The Labute approximate surface area is 218 Å². The molecule has 0 aliphatic rings. The Morgan fingerprint density at radius 1 is 0.463 bits per heavy atom. The quantitative estimate of drug-likeness (QED) is 0.0833. The number of carbonyl (C=O) groups excluding carboxylic acids is 1. The highest BCUT2D eigenvalue weighted by Crippen LogP contribution is 2.23. The minimum Gasteiger partial charge on any atom is -0.459 e. The average molecular weight is 610 g/mol. The molecule has 0 unspecified atom stereocenters. The molecule has 18 heteroatoms. The van der Waals surface area contributed by atoms with Crippen LogP contribution in [0.15, 0.2) is 0 Å². The molecule has 0 atom stereocenters. The topological polar surface area (TPSA) is 26.3 Å². The van der Waals surface area contributed by atoms with E-state index in [-0.39, 0.29) is 0 Å². The fourth-order valence-electron chi connectivity index (χ4n) is 3.21. The lowest BCUT2D eigenvalue weighted by Crippen LogP contribution is -2.60. The van der Waals surface area contributed by atoms with Crippen LogP contribution in [-0.2, 0) is 9.53 Å². The summed E-state index contributed by atoms with van der Waals surface area (Å²) in [5, 5.41) is 0. The lowest BCUT2D eigenvalue weighted by molar-refractivity contribution is -0.133. The lowest BCUT2D eigenvalue weighted by Gasteiger charge is -2.21. The van der Waals surface area contributed by atoms with E-state index in [1.807, 2.05) is 0 Å². The second-order valence-electron chi connectivity index (χ2n) is 7.25. The first-order valence-corrected chi connectivity index (χ1v) is 10.0. The van der Waals surface area contributed by atoms with Crippen LogP contribution in [0.25, 0.3) is 0 Å². The monoisotopic (exact) mass is 610 g/mol. The second-order valence-corrected chi connectivity index (χ2v) is 7.25. The van der Waals surface area contributed by atoms with Gasteiger partial charge in [0, 0.05) is 22.3 Å². The minimum atomic E-state index is -3.96. The summed E-state index contributed by atoms with van der Waals surface area (Å²) in [6, 6.07) is 0. The van der Waals surface area contributed by atoms with Crippen LogP contribution in [0, 0.1) is 99.1 Å². The van der Waals surface area contributed by atoms with Gasteiger partial charge >= 0.3 is 5.97 Å². The van der Waals surface area contributed by atoms with Crippen molar-refractivity contribution in [2.24, 2.45) is 0 Å². The number of methoxy groups -OCH3 is 1. The van der Waals surface area contributed by atoms with Crippen LogP contribution in [0.3, 0.4) is 0 Å². The van der Waals surface area contributed by atoms with E-state index >= 15 is 0 Å². The molecule has 2 nitrogen and oxygen atoms in total. The Morgan fingerprint density at radius 2 is 0.659 bits per heavy atom. The SMILES string of the molecule is CC#CC(=O)OC.Fc1c(F)c(F)c(B(c2c(F)c(F)c(F)c(F)c2F)c2c(F)c(F)c(F)c(F)c2F)c(F)c1F. The van der Waals surface area contributed by atoms with Gasteiger partial charge in [0.1, 0.15) is 0 Å². The first-order chi connectivity index (χ1) is 19.0. The van der Waals surface area contributed by atoms with E-state index in [1.165, 1.54) is 7.11 Å². The number of halogens is 15. The molecular weight excluding hydrogens is 604 g/mol. The normalized spacial score (nSPS) is 10.5. The van der Waals surface area contributed by atoms with Gasteiger partial charge in [-0.15, -0.1) is 0 Å². The van der Waals surface area contributed by atoms with Crippen molar-refractivity contribution in [3.8, 4) is 11.8 Å². The van der Waals surface area contributed by atoms with E-state index in [2.05, 4.69) is 16.6 Å². The Morgan fingerprint density at radius 3 is 0.805 bits per heavy atom. The molecule has 0 fully saturated rings. The van der Waals surface area contributed by atoms with Gasteiger partial charge in [0.2, 0.25) is 0 Å². The molecule has 0 N–H and O–H groups in total. The zero-order valence-electron chi connectivity index (χ0n) is 19.6. The van der Waals surface area contributed by atoms with Gasteiger partial charge in [-0.3, -0.25) is 0 Å². The largest absolute Gasteiger partial charge is 0.459 e. The predicted octanol–water partition coefficient (Wildman–Crippen LogP) is 4.47. The molecule has 41 heavy (non-hydrogen) atoms. The van der Waals surface area contributed by atoms with Crippen LogP contribution in [0.4, 0.5) is 65.9 Å². The Balaban J connectivity index is 0.000000745. The van der Waals surface area contributed by atoms with E-state index in [0.717, 1.165) is 0 Å². The third-order valence-corrected chi connectivity index (χ3v) is 5.01. The van der Waals surface area contributed by atoms with Crippen LogP contribution < -0.4 is 16.4 Å². The van der Waals surface area contributed by atoms with Crippen molar-refractivity contribution in [3.63, 3.8) is 0 Å². The third-order valence-electron chi connectivity index (χ3n) is 5.01. The number of hydrogen-bond donors (Lipinski definition) is 0. The zero-order valence-corrected chi connectivity index (χ0v) is 19.6. The third kappa shape index (κ3) is 5.65. The predicted molar refractivity (Wildman–Crippen MR) is 109 cm³/mol. The molecule has 218 valence electrons. The van der Waals surface area contributed by atoms with Gasteiger partial charge in [0.05, 0.1) is 7.11 Å². The van der Waals surface area contributed by atoms with Gasteiger partial charge in [-0.1, -0.05) is 5.92 Å². The van der Waals surface area contributed by atoms with Crippen molar-refractivity contribution in [2.75, 3.05) is 7.11 Å². The molecule has 0 aliphatic carbocycles. The van der Waals surface area contributed by atoms with Crippen molar-refractivity contribution in [3.05, 3.63) is 87.3 Å². The molecule has 0 spiro atoms. The molecule has 0 aromatic heterocycles. The molecule has 0 bridgehead atoms. The maximum atomic E-state index is 14.4. The number of carbonyl (C=O) groups is 1. The van der Waals surface area contributed by atoms with E-state index in [0.29, 0.717) is 0 Å². The van der Waals surface area contributed by atoms with Gasteiger partial charge in [-0.2, -0.15) is 0 Å². The van der Waals surface area contributed by atoms with Crippen LogP contribution in [0.5, 0.6) is 0 Å². The van der Waals surface area contributed by atoms with Crippen molar-refractivity contribution in [1.29, 1.82) is 0 Å². The fourth-order valence-corrected chi connectivity index (χ4v) is 3.21. The Kier molecular flexibility index (Phi) is 10.0. The molecule has 0 amide bonds. The summed E-state index contributed by atoms with van der Waals surface area (Å²) in [5.74, 6) is -41.1. The first kappa shape index (κ1) is 32.9. The molecule has 3 aromatic rings. The van der Waals surface area contributed by atoms with Crippen LogP contribution in [0.2, 0.25) is 0 Å². The maximum Gasteiger partial charge on any atom is 0.384 e. The number of hydrogen-bond acceptors (Lipinski definition) is 2. The molecule has 0 saturated heterocycles. The standard InChI is InChI=1S/C18BF15.C5H6O2/c20-4-1(5(21)11(27)16(32)10(4)26)19(2-6(22)12(28)17(33)13(29)7(2)23)3-8(24)14(30)18(34)15(31)9(3)25;1-3-4-5(6)7-2/h;1-2H3. The molecule has 0 aliphatic heterocycles. The van der Waals surface area contributed by atoms with E-state index in [1.54, 1.807) is 6.92 Å². The molecule has 0 saturated carbocycles. The van der Waals surface area contributed by atoms with Gasteiger partial charge in [0.15, 0.2) is 87.3 Å². The summed E-state index contributed by atoms with van der Waals surface area (Å²) in [6.45, 7) is -2.38. The van der Waals surface area contributed by atoms with Crippen molar-refractivity contribution >= 4 is 29.1 Å². The van der Waals surface area contributed by atoms with Crippen molar-refractivity contribution in [1.82, 2.24) is 0 Å². The Bertz CT molecular complexity index is 1380. The summed E-state index contributed by atoms with van der Waals surface area (Å²) in [7, 11) is 1.30. The molecular formula is C23H6BF15O2. The molecule has 0 radical (unpaired) electrons. The molecule has 3 rings (SSSR count).